The minimum absolute atomic E-state index is 0.279. The van der Waals surface area contributed by atoms with Crippen molar-refractivity contribution in [2.24, 2.45) is 0 Å². The summed E-state index contributed by atoms with van der Waals surface area (Å²) in [5.74, 6) is 0. The summed E-state index contributed by atoms with van der Waals surface area (Å²) in [6.45, 7) is 0. The summed E-state index contributed by atoms with van der Waals surface area (Å²) < 4.78 is 25.4. The Morgan fingerprint density at radius 3 is 2.36 bits per heavy atom. The lowest BCUT2D eigenvalue weighted by Crippen LogP contribution is -2.08. The second-order valence-electron chi connectivity index (χ2n) is 5.74. The molecule has 0 aliphatic heterocycles. The molecule has 2 heterocycles. The molecule has 6 nitrogen and oxygen atoms in total. The molecular formula is C17H16N4O2S2. The van der Waals surface area contributed by atoms with Crippen LogP contribution < -0.4 is 4.90 Å². The number of anilines is 1. The molecule has 0 atom stereocenters. The predicted octanol–water partition coefficient (Wildman–Crippen LogP) is 2.94. The molecule has 0 saturated heterocycles. The van der Waals surface area contributed by atoms with Gasteiger partial charge in [-0.05, 0) is 36.4 Å². The summed E-state index contributed by atoms with van der Waals surface area (Å²) in [6, 6.07) is 14.8. The van der Waals surface area contributed by atoms with Crippen molar-refractivity contribution in [3.05, 3.63) is 48.2 Å². The zero-order valence-corrected chi connectivity index (χ0v) is 15.6. The molecule has 8 heteroatoms. The van der Waals surface area contributed by atoms with Crippen LogP contribution in [0.4, 0.5) is 5.69 Å². The highest BCUT2D eigenvalue weighted by Gasteiger charge is 2.17. The summed E-state index contributed by atoms with van der Waals surface area (Å²) in [5.41, 5.74) is 2.82. The summed E-state index contributed by atoms with van der Waals surface area (Å²) >= 11 is 1.17. The van der Waals surface area contributed by atoms with Crippen molar-refractivity contribution in [1.29, 1.82) is 5.26 Å². The first kappa shape index (κ1) is 17.2. The van der Waals surface area contributed by atoms with Crippen LogP contribution in [-0.2, 0) is 9.84 Å². The Hall–Kier alpha value is -2.63. The molecule has 0 bridgehead atoms. The maximum atomic E-state index is 11.7. The number of benzene rings is 1. The lowest BCUT2D eigenvalue weighted by molar-refractivity contribution is 0.604. The fourth-order valence-corrected chi connectivity index (χ4v) is 4.29. The third-order valence-electron chi connectivity index (χ3n) is 3.63. The zero-order chi connectivity index (χ0) is 18.2. The van der Waals surface area contributed by atoms with Crippen molar-refractivity contribution < 1.29 is 8.42 Å². The van der Waals surface area contributed by atoms with E-state index < -0.39 is 9.84 Å². The highest BCUT2D eigenvalue weighted by atomic mass is 32.2. The van der Waals surface area contributed by atoms with Crippen molar-refractivity contribution in [3.63, 3.8) is 0 Å². The third kappa shape index (κ3) is 3.43. The normalized spacial score (nSPS) is 11.3. The molecule has 0 fully saturated rings. The molecule has 0 saturated carbocycles. The minimum Gasteiger partial charge on any atom is -0.378 e. The molecule has 0 aliphatic rings. The van der Waals surface area contributed by atoms with Crippen LogP contribution >= 0.6 is 11.3 Å². The quantitative estimate of drug-likeness (QED) is 0.703. The van der Waals surface area contributed by atoms with Crippen molar-refractivity contribution in [2.75, 3.05) is 25.3 Å². The smallest absolute Gasteiger partial charge is 0.184 e. The van der Waals surface area contributed by atoms with Crippen LogP contribution in [0.25, 0.3) is 16.3 Å². The predicted molar refractivity (Wildman–Crippen MR) is 99.0 cm³/mol. The van der Waals surface area contributed by atoms with Gasteiger partial charge in [0, 0.05) is 32.1 Å². The van der Waals surface area contributed by atoms with Crippen molar-refractivity contribution >= 4 is 26.9 Å². The topological polar surface area (TPSA) is 79.0 Å². The summed E-state index contributed by atoms with van der Waals surface area (Å²) in [4.78, 5) is 2.73. The highest BCUT2D eigenvalue weighted by molar-refractivity contribution is 7.92. The van der Waals surface area contributed by atoms with E-state index in [1.165, 1.54) is 17.6 Å². The molecule has 1 aromatic carbocycles. The number of nitriles is 1. The molecule has 0 amide bonds. The number of hydrogen-bond donors (Lipinski definition) is 0. The van der Waals surface area contributed by atoms with E-state index in [4.69, 9.17) is 0 Å². The number of nitrogens with zero attached hydrogens (tertiary/aromatic N) is 4. The molecular weight excluding hydrogens is 356 g/mol. The zero-order valence-electron chi connectivity index (χ0n) is 14.0. The maximum absolute atomic E-state index is 11.7. The highest BCUT2D eigenvalue weighted by Crippen LogP contribution is 2.32. The average molecular weight is 372 g/mol. The van der Waals surface area contributed by atoms with Gasteiger partial charge < -0.3 is 4.90 Å². The standard InChI is InChI=1S/C17H16N4O2S2/c1-20(2)13-4-6-14(7-5-13)21-15(10-12(11-18)19-21)16-8-9-17(24-16)25(3,22)23/h4-10H,1-3H3. The van der Waals surface area contributed by atoms with Gasteiger partial charge in [0.15, 0.2) is 15.5 Å². The lowest BCUT2D eigenvalue weighted by atomic mass is 10.2. The van der Waals surface area contributed by atoms with Crippen LogP contribution in [0.2, 0.25) is 0 Å². The van der Waals surface area contributed by atoms with E-state index in [0.29, 0.717) is 5.69 Å². The van der Waals surface area contributed by atoms with E-state index in [2.05, 4.69) is 5.10 Å². The van der Waals surface area contributed by atoms with Crippen LogP contribution in [0.1, 0.15) is 5.69 Å². The van der Waals surface area contributed by atoms with Crippen molar-refractivity contribution in [1.82, 2.24) is 9.78 Å². The number of thiophene rings is 1. The number of sulfone groups is 1. The van der Waals surface area contributed by atoms with Gasteiger partial charge in [0.25, 0.3) is 0 Å². The Morgan fingerprint density at radius 2 is 1.84 bits per heavy atom. The Morgan fingerprint density at radius 1 is 1.16 bits per heavy atom. The minimum atomic E-state index is -3.26. The molecule has 0 aliphatic carbocycles. The van der Waals surface area contributed by atoms with E-state index in [9.17, 15) is 13.7 Å². The first-order chi connectivity index (χ1) is 11.8. The first-order valence-electron chi connectivity index (χ1n) is 7.38. The van der Waals surface area contributed by atoms with Crippen LogP contribution in [0, 0.1) is 11.3 Å². The van der Waals surface area contributed by atoms with Gasteiger partial charge in [-0.15, -0.1) is 11.3 Å². The van der Waals surface area contributed by atoms with Crippen molar-refractivity contribution in [2.45, 2.75) is 4.21 Å². The molecule has 3 aromatic rings. The maximum Gasteiger partial charge on any atom is 0.184 e. The third-order valence-corrected chi connectivity index (χ3v) is 6.56. The van der Waals surface area contributed by atoms with Gasteiger partial charge in [0.1, 0.15) is 10.3 Å². The average Bonchev–Trinajstić information content (AvgIpc) is 3.21. The summed E-state index contributed by atoms with van der Waals surface area (Å²) in [7, 11) is 0.655. The van der Waals surface area contributed by atoms with Crippen molar-refractivity contribution in [3.8, 4) is 22.3 Å². The summed E-state index contributed by atoms with van der Waals surface area (Å²) in [6.07, 6.45) is 1.18. The van der Waals surface area contributed by atoms with Crippen LogP contribution in [0.15, 0.2) is 46.7 Å². The van der Waals surface area contributed by atoms with E-state index in [1.54, 1.807) is 22.9 Å². The SMILES string of the molecule is CN(C)c1ccc(-n2nc(C#N)cc2-c2ccc(S(C)(=O)=O)s2)cc1. The van der Waals surface area contributed by atoms with E-state index in [1.807, 2.05) is 49.3 Å². The van der Waals surface area contributed by atoms with E-state index >= 15 is 0 Å². The van der Waals surface area contributed by atoms with Crippen LogP contribution in [-0.4, -0.2) is 38.5 Å². The van der Waals surface area contributed by atoms with Gasteiger partial charge in [-0.1, -0.05) is 0 Å². The fraction of sp³-hybridized carbons (Fsp3) is 0.176. The Balaban J connectivity index is 2.11. The number of hydrogen-bond acceptors (Lipinski definition) is 6. The molecule has 25 heavy (non-hydrogen) atoms. The monoisotopic (exact) mass is 372 g/mol. The van der Waals surface area contributed by atoms with Gasteiger partial charge in [0.2, 0.25) is 0 Å². The van der Waals surface area contributed by atoms with Crippen LogP contribution in [0.5, 0.6) is 0 Å². The second kappa shape index (κ2) is 6.35. The van der Waals surface area contributed by atoms with Gasteiger partial charge in [-0.25, -0.2) is 13.1 Å². The van der Waals surface area contributed by atoms with Gasteiger partial charge in [0.05, 0.1) is 16.3 Å². The van der Waals surface area contributed by atoms with E-state index in [-0.39, 0.29) is 9.90 Å². The molecule has 0 N–H and O–H groups in total. The van der Waals surface area contributed by atoms with Gasteiger partial charge in [-0.2, -0.15) is 10.4 Å². The van der Waals surface area contributed by atoms with E-state index in [0.717, 1.165) is 16.3 Å². The van der Waals surface area contributed by atoms with Crippen LogP contribution in [0.3, 0.4) is 0 Å². The summed E-state index contributed by atoms with van der Waals surface area (Å²) in [5, 5.41) is 13.5. The molecule has 0 unspecified atom stereocenters. The number of aromatic nitrogens is 2. The molecule has 0 spiro atoms. The Bertz CT molecular complexity index is 1060. The second-order valence-corrected chi connectivity index (χ2v) is 9.07. The van der Waals surface area contributed by atoms with Gasteiger partial charge >= 0.3 is 0 Å². The Labute approximate surface area is 150 Å². The number of rotatable bonds is 4. The molecule has 3 rings (SSSR count). The first-order valence-corrected chi connectivity index (χ1v) is 10.1. The molecule has 128 valence electrons. The lowest BCUT2D eigenvalue weighted by Gasteiger charge is -2.13. The van der Waals surface area contributed by atoms with Gasteiger partial charge in [-0.3, -0.25) is 0 Å². The molecule has 2 aromatic heterocycles. The Kier molecular flexibility index (Phi) is 4.37. The largest absolute Gasteiger partial charge is 0.378 e. The fourth-order valence-electron chi connectivity index (χ4n) is 2.36. The molecule has 0 radical (unpaired) electrons.